The summed E-state index contributed by atoms with van der Waals surface area (Å²) in [7, 11) is 0. The van der Waals surface area contributed by atoms with Crippen LogP contribution in [-0.4, -0.2) is 35.7 Å². The van der Waals surface area contributed by atoms with Crippen LogP contribution in [0, 0.1) is 6.92 Å². The maximum atomic E-state index is 11.9. The number of nitrogens with zero attached hydrogens (tertiary/aromatic N) is 2. The van der Waals surface area contributed by atoms with Crippen molar-refractivity contribution < 1.29 is 9.47 Å². The third-order valence-corrected chi connectivity index (χ3v) is 4.66. The summed E-state index contributed by atoms with van der Waals surface area (Å²) in [6, 6.07) is 7.43. The van der Waals surface area contributed by atoms with Crippen LogP contribution in [-0.2, 0) is 16.0 Å². The first kappa shape index (κ1) is 15.4. The second kappa shape index (κ2) is 7.17. The molecule has 0 amide bonds. The fraction of sp³-hybridized carbons (Fsp3) is 0.500. The lowest BCUT2D eigenvalue weighted by Gasteiger charge is -2.10. The molecular formula is C16H20N2O3S. The van der Waals surface area contributed by atoms with Gasteiger partial charge in [-0.25, -0.2) is 4.68 Å². The average Bonchev–Trinajstić information content (AvgIpc) is 3.17. The molecule has 0 bridgehead atoms. The number of aromatic nitrogens is 2. The molecule has 22 heavy (non-hydrogen) atoms. The molecule has 118 valence electrons. The Labute approximate surface area is 133 Å². The molecule has 1 fully saturated rings. The first-order valence-electron chi connectivity index (χ1n) is 7.57. The van der Waals surface area contributed by atoms with Crippen LogP contribution >= 0.6 is 11.3 Å². The number of hydrogen-bond donors (Lipinski definition) is 0. The van der Waals surface area contributed by atoms with Crippen LogP contribution < -0.4 is 5.56 Å². The molecule has 0 aliphatic carbocycles. The summed E-state index contributed by atoms with van der Waals surface area (Å²) in [5.74, 6) is 0. The van der Waals surface area contributed by atoms with Gasteiger partial charge in [0.25, 0.3) is 5.56 Å². The van der Waals surface area contributed by atoms with Gasteiger partial charge in [0, 0.05) is 17.6 Å². The molecule has 1 aliphatic heterocycles. The summed E-state index contributed by atoms with van der Waals surface area (Å²) < 4.78 is 12.6. The Kier molecular flexibility index (Phi) is 5.02. The Bertz CT molecular complexity index is 674. The zero-order valence-corrected chi connectivity index (χ0v) is 13.5. The molecule has 1 unspecified atom stereocenters. The van der Waals surface area contributed by atoms with Gasteiger partial charge in [-0.05, 0) is 38.0 Å². The fourth-order valence-corrected chi connectivity index (χ4v) is 3.29. The van der Waals surface area contributed by atoms with Crippen LogP contribution in [0.3, 0.4) is 0 Å². The second-order valence-electron chi connectivity index (χ2n) is 5.40. The summed E-state index contributed by atoms with van der Waals surface area (Å²) in [5, 5.41) is 4.43. The van der Waals surface area contributed by atoms with Crippen molar-refractivity contribution in [3.05, 3.63) is 39.5 Å². The van der Waals surface area contributed by atoms with Gasteiger partial charge < -0.3 is 9.47 Å². The fourth-order valence-electron chi connectivity index (χ4n) is 2.45. The van der Waals surface area contributed by atoms with Crippen LogP contribution in [0.2, 0.25) is 0 Å². The molecule has 6 heteroatoms. The minimum atomic E-state index is -0.0993. The highest BCUT2D eigenvalue weighted by atomic mass is 32.1. The molecule has 1 atom stereocenters. The molecule has 3 rings (SSSR count). The molecule has 3 heterocycles. The summed E-state index contributed by atoms with van der Waals surface area (Å²) >= 11 is 1.67. The lowest BCUT2D eigenvalue weighted by Crippen LogP contribution is -2.25. The van der Waals surface area contributed by atoms with Crippen molar-refractivity contribution in [1.82, 2.24) is 9.78 Å². The SMILES string of the molecule is Cc1ccc(-c2ccc(=O)n(CCOCC3CCCO3)n2)s1. The second-order valence-corrected chi connectivity index (χ2v) is 6.69. The van der Waals surface area contributed by atoms with Gasteiger partial charge in [-0.15, -0.1) is 11.3 Å². The van der Waals surface area contributed by atoms with Gasteiger partial charge in [0.05, 0.1) is 30.7 Å². The number of ether oxygens (including phenoxy) is 2. The predicted octanol–water partition coefficient (Wildman–Crippen LogP) is 2.48. The molecule has 1 saturated heterocycles. The summed E-state index contributed by atoms with van der Waals surface area (Å²) in [5.41, 5.74) is 0.731. The predicted molar refractivity (Wildman–Crippen MR) is 86.3 cm³/mol. The molecule has 0 saturated carbocycles. The molecule has 0 spiro atoms. The van der Waals surface area contributed by atoms with E-state index >= 15 is 0 Å². The molecule has 5 nitrogen and oxygen atoms in total. The monoisotopic (exact) mass is 320 g/mol. The minimum Gasteiger partial charge on any atom is -0.377 e. The average molecular weight is 320 g/mol. The lowest BCUT2D eigenvalue weighted by molar-refractivity contribution is 0.0139. The molecular weight excluding hydrogens is 300 g/mol. The molecule has 1 aliphatic rings. The van der Waals surface area contributed by atoms with Crippen molar-refractivity contribution in [2.24, 2.45) is 0 Å². The standard InChI is InChI=1S/C16H20N2O3S/c1-12-4-6-15(22-12)14-5-7-16(19)18(17-14)8-10-20-11-13-3-2-9-21-13/h4-7,13H,2-3,8-11H2,1H3. The summed E-state index contributed by atoms with van der Waals surface area (Å²) in [4.78, 5) is 14.2. The Balaban J connectivity index is 1.59. The lowest BCUT2D eigenvalue weighted by atomic mass is 10.2. The van der Waals surface area contributed by atoms with Crippen molar-refractivity contribution >= 4 is 11.3 Å². The first-order chi connectivity index (χ1) is 10.7. The van der Waals surface area contributed by atoms with Gasteiger partial charge in [0.15, 0.2) is 0 Å². The summed E-state index contributed by atoms with van der Waals surface area (Å²) in [6.45, 7) is 4.42. The van der Waals surface area contributed by atoms with E-state index < -0.39 is 0 Å². The number of rotatable bonds is 6. The van der Waals surface area contributed by atoms with E-state index in [4.69, 9.17) is 9.47 Å². The van der Waals surface area contributed by atoms with Gasteiger partial charge in [-0.3, -0.25) is 4.79 Å². The van der Waals surface area contributed by atoms with E-state index in [1.165, 1.54) is 9.56 Å². The van der Waals surface area contributed by atoms with E-state index in [9.17, 15) is 4.79 Å². The van der Waals surface area contributed by atoms with Crippen LogP contribution in [0.25, 0.3) is 10.6 Å². The molecule has 0 aromatic carbocycles. The van der Waals surface area contributed by atoms with Crippen molar-refractivity contribution in [3.63, 3.8) is 0 Å². The van der Waals surface area contributed by atoms with Crippen LogP contribution in [0.5, 0.6) is 0 Å². The maximum absolute atomic E-state index is 11.9. The van der Waals surface area contributed by atoms with Crippen molar-refractivity contribution in [2.75, 3.05) is 19.8 Å². The topological polar surface area (TPSA) is 53.4 Å². The highest BCUT2D eigenvalue weighted by molar-refractivity contribution is 7.15. The van der Waals surface area contributed by atoms with E-state index in [2.05, 4.69) is 18.1 Å². The maximum Gasteiger partial charge on any atom is 0.266 e. The highest BCUT2D eigenvalue weighted by Crippen LogP contribution is 2.24. The van der Waals surface area contributed by atoms with Gasteiger partial charge >= 0.3 is 0 Å². The highest BCUT2D eigenvalue weighted by Gasteiger charge is 2.15. The smallest absolute Gasteiger partial charge is 0.266 e. The number of aryl methyl sites for hydroxylation is 1. The largest absolute Gasteiger partial charge is 0.377 e. The molecule has 0 N–H and O–H groups in total. The number of thiophene rings is 1. The third kappa shape index (κ3) is 3.82. The van der Waals surface area contributed by atoms with Crippen LogP contribution in [0.1, 0.15) is 17.7 Å². The van der Waals surface area contributed by atoms with E-state index in [1.807, 2.05) is 6.07 Å². The summed E-state index contributed by atoms with van der Waals surface area (Å²) in [6.07, 6.45) is 2.38. The normalized spacial score (nSPS) is 18.0. The van der Waals surface area contributed by atoms with E-state index in [1.54, 1.807) is 23.5 Å². The number of hydrogen-bond acceptors (Lipinski definition) is 5. The Morgan fingerprint density at radius 2 is 2.32 bits per heavy atom. The zero-order valence-electron chi connectivity index (χ0n) is 12.7. The van der Waals surface area contributed by atoms with Crippen molar-refractivity contribution in [1.29, 1.82) is 0 Å². The van der Waals surface area contributed by atoms with E-state index in [0.29, 0.717) is 19.8 Å². The molecule has 0 radical (unpaired) electrons. The van der Waals surface area contributed by atoms with Crippen LogP contribution in [0.4, 0.5) is 0 Å². The van der Waals surface area contributed by atoms with Gasteiger partial charge in [-0.1, -0.05) is 0 Å². The third-order valence-electron chi connectivity index (χ3n) is 3.63. The first-order valence-corrected chi connectivity index (χ1v) is 8.38. The van der Waals surface area contributed by atoms with E-state index in [0.717, 1.165) is 30.0 Å². The van der Waals surface area contributed by atoms with Gasteiger partial charge in [0.1, 0.15) is 5.69 Å². The minimum absolute atomic E-state index is 0.0993. The van der Waals surface area contributed by atoms with Crippen molar-refractivity contribution in [3.8, 4) is 10.6 Å². The van der Waals surface area contributed by atoms with Gasteiger partial charge in [-0.2, -0.15) is 5.10 Å². The zero-order chi connectivity index (χ0) is 15.4. The van der Waals surface area contributed by atoms with Crippen LogP contribution in [0.15, 0.2) is 29.1 Å². The molecule has 2 aromatic heterocycles. The Morgan fingerprint density at radius 3 is 3.05 bits per heavy atom. The molecule has 2 aromatic rings. The Hall–Kier alpha value is -1.50. The van der Waals surface area contributed by atoms with Gasteiger partial charge in [0.2, 0.25) is 0 Å². The Morgan fingerprint density at radius 1 is 1.41 bits per heavy atom. The quantitative estimate of drug-likeness (QED) is 0.767. The van der Waals surface area contributed by atoms with E-state index in [-0.39, 0.29) is 11.7 Å². The van der Waals surface area contributed by atoms with Crippen molar-refractivity contribution in [2.45, 2.75) is 32.4 Å².